The topological polar surface area (TPSA) is 84.0 Å². The number of amides is 2. The van der Waals surface area contributed by atoms with Gasteiger partial charge in [-0.25, -0.2) is 0 Å². The molecule has 0 radical (unpaired) electrons. The number of para-hydroxylation sites is 2. The molecule has 2 amide bonds. The molecule has 0 atom stereocenters. The Morgan fingerprint density at radius 2 is 1.11 bits per heavy atom. The van der Waals surface area contributed by atoms with E-state index in [4.69, 9.17) is 0 Å². The maximum absolute atomic E-state index is 12.8. The highest BCUT2D eigenvalue weighted by molar-refractivity contribution is 8.76. The van der Waals surface area contributed by atoms with Crippen LogP contribution in [0.25, 0.3) is 21.8 Å². The van der Waals surface area contributed by atoms with Gasteiger partial charge in [-0.05, 0) is 36.1 Å². The van der Waals surface area contributed by atoms with Crippen LogP contribution in [-0.2, 0) is 0 Å². The van der Waals surface area contributed by atoms with Gasteiger partial charge in [0.15, 0.2) is 0 Å². The lowest BCUT2D eigenvalue weighted by molar-refractivity contribution is 0.0942. The monoisotopic (exact) mass is 518 g/mol. The predicted octanol–water partition coefficient (Wildman–Crippen LogP) is 6.35. The van der Waals surface area contributed by atoms with E-state index in [1.807, 2.05) is 36.4 Å². The van der Waals surface area contributed by atoms with Gasteiger partial charge in [-0.2, -0.15) is 0 Å². The van der Waals surface area contributed by atoms with E-state index >= 15 is 0 Å². The molecule has 4 rings (SSSR count). The van der Waals surface area contributed by atoms with E-state index in [1.54, 1.807) is 46.1 Å². The Hall–Kier alpha value is -3.10. The zero-order chi connectivity index (χ0) is 25.7. The molecule has 0 saturated heterocycles. The minimum absolute atomic E-state index is 0.0903. The molecular formula is C28H30N4O2S2. The van der Waals surface area contributed by atoms with Crippen LogP contribution < -0.4 is 10.6 Å². The highest BCUT2D eigenvalue weighted by Crippen LogP contribution is 2.42. The van der Waals surface area contributed by atoms with Gasteiger partial charge < -0.3 is 10.6 Å². The van der Waals surface area contributed by atoms with Crippen LogP contribution in [0.1, 0.15) is 48.4 Å². The van der Waals surface area contributed by atoms with E-state index in [9.17, 15) is 9.59 Å². The second-order valence-corrected chi connectivity index (χ2v) is 11.6. The number of benzene rings is 2. The fraction of sp³-hybridized carbons (Fsp3) is 0.286. The van der Waals surface area contributed by atoms with Gasteiger partial charge in [-0.1, -0.05) is 73.5 Å². The van der Waals surface area contributed by atoms with Gasteiger partial charge in [0.2, 0.25) is 0 Å². The van der Waals surface area contributed by atoms with Crippen molar-refractivity contribution in [2.45, 2.75) is 37.5 Å². The number of hydrogen-bond acceptors (Lipinski definition) is 6. The SMILES string of the molecule is CC(C)CNC(=O)c1ccnc2c(SSc3cccc4c(C(=O)NCC(C)C)ccnc34)cccc12. The standard InChI is InChI=1S/C28H30N4O2S2/c1-17(2)15-31-27(33)21-11-13-29-25-19(21)7-5-9-23(25)35-36-24-10-6-8-20-22(12-14-30-26(20)24)28(34)32-16-18(3)4/h5-14,17-18H,15-16H2,1-4H3,(H,31,33)(H,32,34). The second kappa shape index (κ2) is 11.8. The third-order valence-corrected chi connectivity index (χ3v) is 7.95. The van der Waals surface area contributed by atoms with E-state index in [1.165, 1.54) is 0 Å². The number of nitrogens with zero attached hydrogens (tertiary/aromatic N) is 2. The molecule has 36 heavy (non-hydrogen) atoms. The third kappa shape index (κ3) is 5.99. The summed E-state index contributed by atoms with van der Waals surface area (Å²) in [4.78, 5) is 36.6. The summed E-state index contributed by atoms with van der Waals surface area (Å²) in [5, 5.41) is 7.64. The molecule has 8 heteroatoms. The maximum atomic E-state index is 12.8. The molecule has 0 fully saturated rings. The Bertz CT molecular complexity index is 1300. The van der Waals surface area contributed by atoms with Crippen LogP contribution in [0.5, 0.6) is 0 Å². The highest BCUT2D eigenvalue weighted by Gasteiger charge is 2.16. The Labute approximate surface area is 219 Å². The van der Waals surface area contributed by atoms with Gasteiger partial charge in [-0.3, -0.25) is 19.6 Å². The molecule has 0 saturated carbocycles. The van der Waals surface area contributed by atoms with Crippen molar-refractivity contribution in [2.24, 2.45) is 11.8 Å². The summed E-state index contributed by atoms with van der Waals surface area (Å²) in [6, 6.07) is 15.3. The first-order valence-electron chi connectivity index (χ1n) is 12.0. The molecule has 0 bridgehead atoms. The summed E-state index contributed by atoms with van der Waals surface area (Å²) < 4.78 is 0. The number of pyridine rings is 2. The van der Waals surface area contributed by atoms with Crippen molar-refractivity contribution < 1.29 is 9.59 Å². The van der Waals surface area contributed by atoms with Crippen molar-refractivity contribution >= 4 is 55.2 Å². The van der Waals surface area contributed by atoms with Crippen LogP contribution in [0.15, 0.2) is 70.7 Å². The van der Waals surface area contributed by atoms with Gasteiger partial charge in [-0.15, -0.1) is 0 Å². The molecule has 0 aliphatic rings. The number of aromatic nitrogens is 2. The summed E-state index contributed by atoms with van der Waals surface area (Å²) in [7, 11) is 3.13. The van der Waals surface area contributed by atoms with E-state index < -0.39 is 0 Å². The maximum Gasteiger partial charge on any atom is 0.252 e. The highest BCUT2D eigenvalue weighted by atomic mass is 33.1. The zero-order valence-electron chi connectivity index (χ0n) is 20.9. The largest absolute Gasteiger partial charge is 0.352 e. The van der Waals surface area contributed by atoms with Crippen LogP contribution in [0.3, 0.4) is 0 Å². The van der Waals surface area contributed by atoms with Crippen LogP contribution >= 0.6 is 21.6 Å². The van der Waals surface area contributed by atoms with Crippen LogP contribution in [0, 0.1) is 11.8 Å². The number of fused-ring (bicyclic) bond motifs is 2. The third-order valence-electron chi connectivity index (χ3n) is 5.52. The molecule has 0 unspecified atom stereocenters. The molecule has 0 aliphatic heterocycles. The Balaban J connectivity index is 1.60. The Kier molecular flexibility index (Phi) is 8.48. The predicted molar refractivity (Wildman–Crippen MR) is 150 cm³/mol. The second-order valence-electron chi connectivity index (χ2n) is 9.40. The number of rotatable bonds is 9. The van der Waals surface area contributed by atoms with Gasteiger partial charge in [0, 0.05) is 46.0 Å². The van der Waals surface area contributed by atoms with Gasteiger partial charge in [0.25, 0.3) is 11.8 Å². The first-order valence-corrected chi connectivity index (χ1v) is 14.2. The normalized spacial score (nSPS) is 11.4. The van der Waals surface area contributed by atoms with E-state index in [2.05, 4.69) is 48.3 Å². The molecule has 2 heterocycles. The molecule has 2 aromatic carbocycles. The van der Waals surface area contributed by atoms with E-state index in [0.717, 1.165) is 31.6 Å². The van der Waals surface area contributed by atoms with Crippen molar-refractivity contribution in [2.75, 3.05) is 13.1 Å². The molecule has 0 aliphatic carbocycles. The summed E-state index contributed by atoms with van der Waals surface area (Å²) in [5.41, 5.74) is 2.82. The number of carbonyl (C=O) groups excluding carboxylic acids is 2. The molecule has 4 aromatic rings. The first kappa shape index (κ1) is 26.0. The average molecular weight is 519 g/mol. The fourth-order valence-corrected chi connectivity index (χ4v) is 5.98. The minimum atomic E-state index is -0.0903. The average Bonchev–Trinajstić information content (AvgIpc) is 2.88. The van der Waals surface area contributed by atoms with E-state index in [-0.39, 0.29) is 11.8 Å². The van der Waals surface area contributed by atoms with Crippen molar-refractivity contribution in [1.29, 1.82) is 0 Å². The van der Waals surface area contributed by atoms with Crippen molar-refractivity contribution in [1.82, 2.24) is 20.6 Å². The van der Waals surface area contributed by atoms with Crippen molar-refractivity contribution in [3.63, 3.8) is 0 Å². The lowest BCUT2D eigenvalue weighted by Gasteiger charge is -2.12. The number of nitrogens with one attached hydrogen (secondary N) is 2. The fourth-order valence-electron chi connectivity index (χ4n) is 3.70. The van der Waals surface area contributed by atoms with Crippen molar-refractivity contribution in [3.8, 4) is 0 Å². The van der Waals surface area contributed by atoms with Gasteiger partial charge >= 0.3 is 0 Å². The zero-order valence-corrected chi connectivity index (χ0v) is 22.5. The van der Waals surface area contributed by atoms with Crippen LogP contribution in [0.4, 0.5) is 0 Å². The van der Waals surface area contributed by atoms with Gasteiger partial charge in [0.05, 0.1) is 22.2 Å². The minimum Gasteiger partial charge on any atom is -0.352 e. The summed E-state index contributed by atoms with van der Waals surface area (Å²) in [6.07, 6.45) is 3.37. The number of hydrogen-bond donors (Lipinski definition) is 2. The number of carbonyl (C=O) groups is 2. The molecule has 2 N–H and O–H groups in total. The first-order chi connectivity index (χ1) is 17.3. The molecule has 2 aromatic heterocycles. The smallest absolute Gasteiger partial charge is 0.252 e. The molecule has 6 nitrogen and oxygen atoms in total. The quantitative estimate of drug-likeness (QED) is 0.251. The molecule has 0 spiro atoms. The Morgan fingerprint density at radius 3 is 1.50 bits per heavy atom. The van der Waals surface area contributed by atoms with Crippen molar-refractivity contribution in [3.05, 3.63) is 72.1 Å². The molecular weight excluding hydrogens is 488 g/mol. The molecule has 186 valence electrons. The summed E-state index contributed by atoms with van der Waals surface area (Å²) in [5.74, 6) is 0.571. The van der Waals surface area contributed by atoms with Crippen LogP contribution in [-0.4, -0.2) is 34.9 Å². The lowest BCUT2D eigenvalue weighted by Crippen LogP contribution is -2.27. The lowest BCUT2D eigenvalue weighted by atomic mass is 10.1. The Morgan fingerprint density at radius 1 is 0.694 bits per heavy atom. The van der Waals surface area contributed by atoms with E-state index in [0.29, 0.717) is 36.1 Å². The van der Waals surface area contributed by atoms with Crippen LogP contribution in [0.2, 0.25) is 0 Å². The summed E-state index contributed by atoms with van der Waals surface area (Å²) >= 11 is 0. The van der Waals surface area contributed by atoms with Gasteiger partial charge in [0.1, 0.15) is 0 Å². The summed E-state index contributed by atoms with van der Waals surface area (Å²) in [6.45, 7) is 9.53.